The maximum Gasteiger partial charge on any atom is 0.347 e. The lowest BCUT2D eigenvalue weighted by molar-refractivity contribution is -0.151. The largest absolute Gasteiger partial charge is 0.479 e. The van der Waals surface area contributed by atoms with E-state index in [1.54, 1.807) is 31.2 Å². The Morgan fingerprint density at radius 3 is 2.41 bits per heavy atom. The van der Waals surface area contributed by atoms with Gasteiger partial charge in [0.1, 0.15) is 5.75 Å². The van der Waals surface area contributed by atoms with Crippen molar-refractivity contribution < 1.29 is 19.1 Å². The fourth-order valence-corrected chi connectivity index (χ4v) is 2.44. The van der Waals surface area contributed by atoms with Crippen molar-refractivity contribution in [3.8, 4) is 5.75 Å². The van der Waals surface area contributed by atoms with Gasteiger partial charge in [-0.15, -0.1) is 0 Å². The van der Waals surface area contributed by atoms with Gasteiger partial charge in [-0.3, -0.25) is 4.79 Å². The Bertz CT molecular complexity index is 713. The molecule has 1 N–H and O–H groups in total. The number of nitrogens with one attached hydrogen (secondary N) is 1. The van der Waals surface area contributed by atoms with Crippen LogP contribution in [-0.2, 0) is 16.0 Å². The van der Waals surface area contributed by atoms with Gasteiger partial charge in [0.2, 0.25) is 0 Å². The lowest BCUT2D eigenvalue weighted by Crippen LogP contribution is -2.27. The molecule has 144 valence electrons. The van der Waals surface area contributed by atoms with Crippen molar-refractivity contribution in [2.24, 2.45) is 0 Å². The summed E-state index contributed by atoms with van der Waals surface area (Å²) in [6.07, 6.45) is 1.91. The van der Waals surface area contributed by atoms with Gasteiger partial charge in [-0.1, -0.05) is 43.7 Å². The first-order valence-electron chi connectivity index (χ1n) is 9.35. The molecule has 27 heavy (non-hydrogen) atoms. The summed E-state index contributed by atoms with van der Waals surface area (Å²) in [6.45, 7) is 4.67. The second kappa shape index (κ2) is 11.0. The van der Waals surface area contributed by atoms with Crippen molar-refractivity contribution in [3.63, 3.8) is 0 Å². The topological polar surface area (TPSA) is 64.6 Å². The van der Waals surface area contributed by atoms with Crippen LogP contribution in [0.5, 0.6) is 5.75 Å². The molecule has 0 saturated heterocycles. The highest BCUT2D eigenvalue weighted by Gasteiger charge is 2.16. The minimum Gasteiger partial charge on any atom is -0.479 e. The van der Waals surface area contributed by atoms with Crippen LogP contribution in [0.3, 0.4) is 0 Å². The Kier molecular flexibility index (Phi) is 8.36. The van der Waals surface area contributed by atoms with Crippen molar-refractivity contribution in [1.82, 2.24) is 5.32 Å². The van der Waals surface area contributed by atoms with E-state index in [-0.39, 0.29) is 11.9 Å². The van der Waals surface area contributed by atoms with Gasteiger partial charge in [0, 0.05) is 12.1 Å². The van der Waals surface area contributed by atoms with Crippen LogP contribution in [0.2, 0.25) is 0 Å². The van der Waals surface area contributed by atoms with Gasteiger partial charge in [-0.25, -0.2) is 4.79 Å². The Balaban J connectivity index is 1.78. The molecule has 0 spiro atoms. The number of unbranched alkanes of at least 4 members (excludes halogenated alkanes) is 1. The van der Waals surface area contributed by atoms with E-state index in [9.17, 15) is 9.59 Å². The molecule has 0 aliphatic heterocycles. The molecule has 1 atom stereocenters. The zero-order valence-electron chi connectivity index (χ0n) is 15.9. The molecule has 0 fully saturated rings. The molecule has 1 amide bonds. The number of esters is 1. The van der Waals surface area contributed by atoms with Crippen LogP contribution in [0.15, 0.2) is 54.6 Å². The van der Waals surface area contributed by atoms with Crippen LogP contribution in [0.4, 0.5) is 0 Å². The molecular formula is C22H27NO4. The van der Waals surface area contributed by atoms with Gasteiger partial charge in [0.25, 0.3) is 5.91 Å². The quantitative estimate of drug-likeness (QED) is 0.511. The van der Waals surface area contributed by atoms with Crippen molar-refractivity contribution in [3.05, 3.63) is 65.7 Å². The third-order valence-corrected chi connectivity index (χ3v) is 4.05. The first kappa shape index (κ1) is 20.5. The molecule has 0 unspecified atom stereocenters. The summed E-state index contributed by atoms with van der Waals surface area (Å²) in [5.41, 5.74) is 1.73. The average molecular weight is 369 g/mol. The number of rotatable bonds is 10. The van der Waals surface area contributed by atoms with Crippen LogP contribution < -0.4 is 10.1 Å². The monoisotopic (exact) mass is 369 g/mol. The Morgan fingerprint density at radius 2 is 1.74 bits per heavy atom. The third kappa shape index (κ3) is 7.13. The van der Waals surface area contributed by atoms with Crippen molar-refractivity contribution in [1.29, 1.82) is 0 Å². The van der Waals surface area contributed by atoms with Gasteiger partial charge in [-0.05, 0) is 49.6 Å². The first-order valence-corrected chi connectivity index (χ1v) is 9.35. The second-order valence-corrected chi connectivity index (χ2v) is 6.30. The van der Waals surface area contributed by atoms with E-state index in [0.29, 0.717) is 24.5 Å². The fraction of sp³-hybridized carbons (Fsp3) is 0.364. The SMILES string of the molecule is CCCCOC(=O)[C@H](C)Oc1ccc(C(=O)NCCc2ccccc2)cc1. The van der Waals surface area contributed by atoms with E-state index in [1.165, 1.54) is 5.56 Å². The molecule has 0 bridgehead atoms. The summed E-state index contributed by atoms with van der Waals surface area (Å²) in [5.74, 6) is 0.00598. The first-order chi connectivity index (χ1) is 13.1. The van der Waals surface area contributed by atoms with Crippen LogP contribution in [0, 0.1) is 0 Å². The Morgan fingerprint density at radius 1 is 1.04 bits per heavy atom. The van der Waals surface area contributed by atoms with Crippen molar-refractivity contribution in [2.75, 3.05) is 13.2 Å². The van der Waals surface area contributed by atoms with Crippen LogP contribution >= 0.6 is 0 Å². The Labute approximate surface area is 160 Å². The van der Waals surface area contributed by atoms with Crippen molar-refractivity contribution in [2.45, 2.75) is 39.2 Å². The van der Waals surface area contributed by atoms with Gasteiger partial charge in [-0.2, -0.15) is 0 Å². The molecule has 2 aromatic carbocycles. The molecule has 0 heterocycles. The maximum absolute atomic E-state index is 12.2. The predicted molar refractivity (Wildman–Crippen MR) is 105 cm³/mol. The lowest BCUT2D eigenvalue weighted by atomic mass is 10.1. The standard InChI is InChI=1S/C22H27NO4/c1-3-4-16-26-22(25)17(2)27-20-12-10-19(11-13-20)21(24)23-15-14-18-8-6-5-7-9-18/h5-13,17H,3-4,14-16H2,1-2H3,(H,23,24)/t17-/m0/s1. The van der Waals surface area contributed by atoms with Gasteiger partial charge >= 0.3 is 5.97 Å². The summed E-state index contributed by atoms with van der Waals surface area (Å²) < 4.78 is 10.7. The number of hydrogen-bond donors (Lipinski definition) is 1. The van der Waals surface area contributed by atoms with E-state index >= 15 is 0 Å². The van der Waals surface area contributed by atoms with Gasteiger partial charge < -0.3 is 14.8 Å². The second-order valence-electron chi connectivity index (χ2n) is 6.30. The van der Waals surface area contributed by atoms with Crippen molar-refractivity contribution >= 4 is 11.9 Å². The van der Waals surface area contributed by atoms with E-state index < -0.39 is 6.10 Å². The zero-order chi connectivity index (χ0) is 19.5. The molecule has 0 aliphatic rings. The highest BCUT2D eigenvalue weighted by atomic mass is 16.6. The smallest absolute Gasteiger partial charge is 0.347 e. The number of amides is 1. The summed E-state index contributed by atoms with van der Waals surface area (Å²) >= 11 is 0. The molecule has 0 aliphatic carbocycles. The number of ether oxygens (including phenoxy) is 2. The maximum atomic E-state index is 12.2. The minimum atomic E-state index is -0.688. The minimum absolute atomic E-state index is 0.135. The van der Waals surface area contributed by atoms with E-state index in [1.807, 2.05) is 37.3 Å². The molecule has 5 nitrogen and oxygen atoms in total. The van der Waals surface area contributed by atoms with Gasteiger partial charge in [0.15, 0.2) is 6.10 Å². The molecule has 5 heteroatoms. The van der Waals surface area contributed by atoms with E-state index in [0.717, 1.165) is 19.3 Å². The predicted octanol–water partition coefficient (Wildman–Crippen LogP) is 3.77. The van der Waals surface area contributed by atoms with Crippen LogP contribution in [0.25, 0.3) is 0 Å². The normalized spacial score (nSPS) is 11.5. The Hall–Kier alpha value is -2.82. The van der Waals surface area contributed by atoms with E-state index in [2.05, 4.69) is 5.32 Å². The summed E-state index contributed by atoms with van der Waals surface area (Å²) in [4.78, 5) is 24.0. The number of carbonyl (C=O) groups is 2. The zero-order valence-corrected chi connectivity index (χ0v) is 15.9. The van der Waals surface area contributed by atoms with Crippen LogP contribution in [0.1, 0.15) is 42.6 Å². The third-order valence-electron chi connectivity index (χ3n) is 4.05. The summed E-state index contributed by atoms with van der Waals surface area (Å²) in [7, 11) is 0. The molecule has 2 rings (SSSR count). The highest BCUT2D eigenvalue weighted by Crippen LogP contribution is 2.14. The van der Waals surface area contributed by atoms with Gasteiger partial charge in [0.05, 0.1) is 6.61 Å². The number of carbonyl (C=O) groups excluding carboxylic acids is 2. The highest BCUT2D eigenvalue weighted by molar-refractivity contribution is 5.94. The van der Waals surface area contributed by atoms with E-state index in [4.69, 9.17) is 9.47 Å². The fourth-order valence-electron chi connectivity index (χ4n) is 2.44. The molecular weight excluding hydrogens is 342 g/mol. The van der Waals surface area contributed by atoms with Crippen LogP contribution in [-0.4, -0.2) is 31.1 Å². The molecule has 0 saturated carbocycles. The molecule has 0 radical (unpaired) electrons. The lowest BCUT2D eigenvalue weighted by Gasteiger charge is -2.14. The average Bonchev–Trinajstić information content (AvgIpc) is 2.69. The summed E-state index contributed by atoms with van der Waals surface area (Å²) in [5, 5.41) is 2.90. The number of benzene rings is 2. The molecule has 0 aromatic heterocycles. The molecule has 2 aromatic rings. The summed E-state index contributed by atoms with van der Waals surface area (Å²) in [6, 6.07) is 16.7. The number of hydrogen-bond acceptors (Lipinski definition) is 4.